The zero-order valence-corrected chi connectivity index (χ0v) is 17.8. The highest BCUT2D eigenvalue weighted by molar-refractivity contribution is 8.00. The maximum Gasteiger partial charge on any atom is 0.331 e. The normalized spacial score (nSPS) is 15.9. The third kappa shape index (κ3) is 6.00. The second kappa shape index (κ2) is 10.7. The van der Waals surface area contributed by atoms with Crippen molar-refractivity contribution in [3.8, 4) is 5.75 Å². The molecule has 0 saturated heterocycles. The van der Waals surface area contributed by atoms with Gasteiger partial charge in [0.2, 0.25) is 0 Å². The lowest BCUT2D eigenvalue weighted by Gasteiger charge is -2.22. The van der Waals surface area contributed by atoms with Crippen molar-refractivity contribution in [2.45, 2.75) is 23.5 Å². The number of ether oxygens (including phenoxy) is 2. The highest BCUT2D eigenvalue weighted by Crippen LogP contribution is 2.37. The maximum atomic E-state index is 12.7. The van der Waals surface area contributed by atoms with Crippen molar-refractivity contribution in [1.82, 2.24) is 0 Å². The molecule has 2 aromatic carbocycles. The molecular formula is C24H25NO4S. The fraction of sp³-hybridized carbons (Fsp3) is 0.250. The monoisotopic (exact) mass is 423 g/mol. The van der Waals surface area contributed by atoms with Crippen LogP contribution in [0.5, 0.6) is 5.75 Å². The van der Waals surface area contributed by atoms with Crippen LogP contribution < -0.4 is 9.64 Å². The number of esters is 1. The second-order valence-corrected chi connectivity index (χ2v) is 8.32. The molecule has 1 aliphatic rings. The van der Waals surface area contributed by atoms with Crippen LogP contribution in [0.15, 0.2) is 72.2 Å². The van der Waals surface area contributed by atoms with Crippen molar-refractivity contribution in [3.05, 3.63) is 72.8 Å². The number of benzene rings is 2. The van der Waals surface area contributed by atoms with Gasteiger partial charge in [0.05, 0.1) is 5.69 Å². The fourth-order valence-electron chi connectivity index (χ4n) is 3.00. The Hall–Kier alpha value is -2.99. The van der Waals surface area contributed by atoms with Crippen LogP contribution in [0, 0.1) is 0 Å². The van der Waals surface area contributed by atoms with Crippen molar-refractivity contribution in [2.75, 3.05) is 24.7 Å². The number of amides is 1. The summed E-state index contributed by atoms with van der Waals surface area (Å²) in [6.07, 6.45) is 5.52. The molecule has 1 amide bonds. The van der Waals surface area contributed by atoms with Crippen LogP contribution in [0.25, 0.3) is 6.08 Å². The van der Waals surface area contributed by atoms with E-state index >= 15 is 0 Å². The summed E-state index contributed by atoms with van der Waals surface area (Å²) in [6, 6.07) is 15.1. The summed E-state index contributed by atoms with van der Waals surface area (Å²) in [4.78, 5) is 27.6. The Morgan fingerprint density at radius 1 is 1.20 bits per heavy atom. The molecular weight excluding hydrogens is 398 g/mol. The summed E-state index contributed by atoms with van der Waals surface area (Å²) in [5.74, 6) is -0.0470. The molecule has 1 heterocycles. The Bertz CT molecular complexity index is 923. The zero-order chi connectivity index (χ0) is 21.3. The topological polar surface area (TPSA) is 55.8 Å². The SMILES string of the molecule is C=CCOc1ccc(/C=C/C(=O)OCC(=O)N2CC[C@H](C)Sc3ccccc32)cc1. The van der Waals surface area contributed by atoms with E-state index < -0.39 is 5.97 Å². The smallest absolute Gasteiger partial charge is 0.331 e. The van der Waals surface area contributed by atoms with Gasteiger partial charge in [0.1, 0.15) is 12.4 Å². The molecule has 3 rings (SSSR count). The van der Waals surface area contributed by atoms with Gasteiger partial charge in [0, 0.05) is 22.8 Å². The van der Waals surface area contributed by atoms with Crippen molar-refractivity contribution in [1.29, 1.82) is 0 Å². The first-order valence-corrected chi connectivity index (χ1v) is 10.7. The first-order chi connectivity index (χ1) is 14.6. The van der Waals surface area contributed by atoms with Crippen molar-refractivity contribution < 1.29 is 19.1 Å². The number of hydrogen-bond acceptors (Lipinski definition) is 5. The van der Waals surface area contributed by atoms with Gasteiger partial charge in [-0.05, 0) is 42.3 Å². The molecule has 0 spiro atoms. The summed E-state index contributed by atoms with van der Waals surface area (Å²) in [6.45, 7) is 6.52. The molecule has 0 saturated carbocycles. The second-order valence-electron chi connectivity index (χ2n) is 6.84. The Balaban J connectivity index is 1.55. The molecule has 0 aromatic heterocycles. The summed E-state index contributed by atoms with van der Waals surface area (Å²) < 4.78 is 10.6. The summed E-state index contributed by atoms with van der Waals surface area (Å²) in [5, 5.41) is 0.419. The lowest BCUT2D eigenvalue weighted by Crippen LogP contribution is -2.35. The number of carbonyl (C=O) groups is 2. The molecule has 0 radical (unpaired) electrons. The number of anilines is 1. The molecule has 0 unspecified atom stereocenters. The van der Waals surface area contributed by atoms with Gasteiger partial charge in [-0.25, -0.2) is 4.79 Å². The molecule has 2 aromatic rings. The van der Waals surface area contributed by atoms with Gasteiger partial charge in [-0.1, -0.05) is 43.8 Å². The third-order valence-electron chi connectivity index (χ3n) is 4.54. The zero-order valence-electron chi connectivity index (χ0n) is 17.0. The minimum Gasteiger partial charge on any atom is -0.490 e. The number of thioether (sulfide) groups is 1. The number of carbonyl (C=O) groups excluding carboxylic acids is 2. The lowest BCUT2D eigenvalue weighted by atomic mass is 10.2. The predicted octanol–water partition coefficient (Wildman–Crippen LogP) is 4.73. The van der Waals surface area contributed by atoms with Crippen LogP contribution in [0.4, 0.5) is 5.69 Å². The number of hydrogen-bond donors (Lipinski definition) is 0. The molecule has 0 fully saturated rings. The average molecular weight is 424 g/mol. The van der Waals surface area contributed by atoms with Crippen molar-refractivity contribution >= 4 is 35.4 Å². The predicted molar refractivity (Wildman–Crippen MR) is 121 cm³/mol. The van der Waals surface area contributed by atoms with Crippen LogP contribution in [-0.2, 0) is 14.3 Å². The minimum atomic E-state index is -0.554. The quantitative estimate of drug-likeness (QED) is 0.366. The van der Waals surface area contributed by atoms with Gasteiger partial charge in [-0.15, -0.1) is 11.8 Å². The van der Waals surface area contributed by atoms with E-state index in [9.17, 15) is 9.59 Å². The molecule has 1 aliphatic heterocycles. The number of rotatable bonds is 7. The average Bonchev–Trinajstić information content (AvgIpc) is 2.93. The molecule has 156 valence electrons. The minimum absolute atomic E-state index is 0.220. The molecule has 0 N–H and O–H groups in total. The van der Waals surface area contributed by atoms with Gasteiger partial charge in [0.25, 0.3) is 5.91 Å². The number of nitrogens with zero attached hydrogens (tertiary/aromatic N) is 1. The largest absolute Gasteiger partial charge is 0.490 e. The van der Waals surface area contributed by atoms with E-state index in [1.165, 1.54) is 6.08 Å². The summed E-state index contributed by atoms with van der Waals surface area (Å²) in [7, 11) is 0. The molecule has 30 heavy (non-hydrogen) atoms. The Morgan fingerprint density at radius 3 is 2.73 bits per heavy atom. The Labute approximate surface area is 181 Å². The molecule has 0 aliphatic carbocycles. The first-order valence-electron chi connectivity index (χ1n) is 9.81. The van der Waals surface area contributed by atoms with E-state index in [2.05, 4.69) is 13.5 Å². The van der Waals surface area contributed by atoms with Gasteiger partial charge >= 0.3 is 5.97 Å². The van der Waals surface area contributed by atoms with Crippen molar-refractivity contribution in [3.63, 3.8) is 0 Å². The van der Waals surface area contributed by atoms with Crippen LogP contribution in [0.3, 0.4) is 0 Å². The van der Waals surface area contributed by atoms with Crippen molar-refractivity contribution in [2.24, 2.45) is 0 Å². The Kier molecular flexibility index (Phi) is 7.74. The summed E-state index contributed by atoms with van der Waals surface area (Å²) >= 11 is 1.76. The highest BCUT2D eigenvalue weighted by atomic mass is 32.2. The third-order valence-corrected chi connectivity index (χ3v) is 5.78. The molecule has 6 heteroatoms. The molecule has 1 atom stereocenters. The fourth-order valence-corrected chi connectivity index (χ4v) is 4.11. The van der Waals surface area contributed by atoms with Gasteiger partial charge in [0.15, 0.2) is 6.61 Å². The van der Waals surface area contributed by atoms with Crippen LogP contribution in [0.1, 0.15) is 18.9 Å². The van der Waals surface area contributed by atoms with Crippen LogP contribution >= 0.6 is 11.8 Å². The van der Waals surface area contributed by atoms with Gasteiger partial charge in [-0.2, -0.15) is 0 Å². The van der Waals surface area contributed by atoms with E-state index in [1.54, 1.807) is 28.8 Å². The summed E-state index contributed by atoms with van der Waals surface area (Å²) in [5.41, 5.74) is 1.71. The highest BCUT2D eigenvalue weighted by Gasteiger charge is 2.24. The number of para-hydroxylation sites is 1. The van der Waals surface area contributed by atoms with E-state index in [4.69, 9.17) is 9.47 Å². The van der Waals surface area contributed by atoms with Gasteiger partial charge in [-0.3, -0.25) is 4.79 Å². The van der Waals surface area contributed by atoms with E-state index in [0.29, 0.717) is 18.4 Å². The van der Waals surface area contributed by atoms with E-state index in [0.717, 1.165) is 28.3 Å². The first kappa shape index (κ1) is 21.7. The van der Waals surface area contributed by atoms with E-state index in [1.807, 2.05) is 48.5 Å². The Morgan fingerprint density at radius 2 is 1.97 bits per heavy atom. The standard InChI is InChI=1S/C24H25NO4S/c1-3-16-28-20-11-8-19(9-12-20)10-13-24(27)29-17-23(26)25-15-14-18(2)30-22-7-5-4-6-21(22)25/h3-13,18H,1,14-17H2,2H3/b13-10+/t18-/m0/s1. The van der Waals surface area contributed by atoms with Crippen LogP contribution in [0.2, 0.25) is 0 Å². The number of fused-ring (bicyclic) bond motifs is 1. The maximum absolute atomic E-state index is 12.7. The van der Waals surface area contributed by atoms with E-state index in [-0.39, 0.29) is 12.5 Å². The molecule has 0 bridgehead atoms. The van der Waals surface area contributed by atoms with Gasteiger partial charge < -0.3 is 14.4 Å². The van der Waals surface area contributed by atoms with Crippen LogP contribution in [-0.4, -0.2) is 36.9 Å². The lowest BCUT2D eigenvalue weighted by molar-refractivity contribution is -0.142. The molecule has 5 nitrogen and oxygen atoms in total.